The molecule has 0 atom stereocenters. The van der Waals surface area contributed by atoms with E-state index in [-0.39, 0.29) is 11.5 Å². The second-order valence-electron chi connectivity index (χ2n) is 11.0. The van der Waals surface area contributed by atoms with Crippen LogP contribution in [0.5, 0.6) is 0 Å². The molecular weight excluding hydrogens is 446 g/mol. The van der Waals surface area contributed by atoms with Gasteiger partial charge in [-0.1, -0.05) is 94.9 Å². The van der Waals surface area contributed by atoms with Gasteiger partial charge in [0.1, 0.15) is 11.6 Å². The molecule has 2 aliphatic carbocycles. The number of benzene rings is 2. The van der Waals surface area contributed by atoms with Gasteiger partial charge in [0.15, 0.2) is 0 Å². The van der Waals surface area contributed by atoms with Gasteiger partial charge in [-0.05, 0) is 84.7 Å². The fraction of sp³-hybridized carbons (Fsp3) is 0.613. The highest BCUT2D eigenvalue weighted by Crippen LogP contribution is 2.41. The first-order valence-electron chi connectivity index (χ1n) is 13.8. The third-order valence-corrected chi connectivity index (χ3v) is 8.93. The van der Waals surface area contributed by atoms with E-state index in [0.29, 0.717) is 10.6 Å². The zero-order chi connectivity index (χ0) is 23.9. The Bertz CT molecular complexity index is 867. The molecule has 0 spiro atoms. The minimum Gasteiger partial charge on any atom is -0.206 e. The Morgan fingerprint density at radius 1 is 0.706 bits per heavy atom. The Labute approximate surface area is 210 Å². The maximum Gasteiger partial charge on any atom is 0.134 e. The first kappa shape index (κ1) is 25.7. The number of unbranched alkanes of at least 4 members (excludes halogenated alkanes) is 2. The molecule has 2 saturated carbocycles. The lowest BCUT2D eigenvalue weighted by atomic mass is 9.74. The summed E-state index contributed by atoms with van der Waals surface area (Å²) >= 11 is 5.92. The lowest BCUT2D eigenvalue weighted by molar-refractivity contribution is 0.222. The normalized spacial score (nSPS) is 25.4. The van der Waals surface area contributed by atoms with E-state index in [1.165, 1.54) is 77.0 Å². The van der Waals surface area contributed by atoms with Gasteiger partial charge in [0.05, 0.1) is 5.56 Å². The molecule has 0 unspecified atom stereocenters. The van der Waals surface area contributed by atoms with Crippen LogP contribution in [0.2, 0.25) is 5.02 Å². The average molecular weight is 487 g/mol. The van der Waals surface area contributed by atoms with Crippen molar-refractivity contribution in [3.05, 3.63) is 58.6 Å². The zero-order valence-corrected chi connectivity index (χ0v) is 21.6. The van der Waals surface area contributed by atoms with Crippen LogP contribution < -0.4 is 0 Å². The van der Waals surface area contributed by atoms with E-state index in [1.807, 2.05) is 0 Å². The molecule has 0 bridgehead atoms. The second kappa shape index (κ2) is 12.5. The fourth-order valence-corrected chi connectivity index (χ4v) is 6.59. The molecule has 2 aliphatic rings. The fourth-order valence-electron chi connectivity index (χ4n) is 6.47. The van der Waals surface area contributed by atoms with Gasteiger partial charge in [-0.3, -0.25) is 0 Å². The summed E-state index contributed by atoms with van der Waals surface area (Å²) < 4.78 is 29.8. The molecule has 2 fully saturated rings. The molecule has 34 heavy (non-hydrogen) atoms. The van der Waals surface area contributed by atoms with Crippen molar-refractivity contribution in [1.29, 1.82) is 0 Å². The minimum absolute atomic E-state index is 0.0502. The molecule has 2 aromatic carbocycles. The second-order valence-corrected chi connectivity index (χ2v) is 11.5. The average Bonchev–Trinajstić information content (AvgIpc) is 2.85. The Kier molecular flexibility index (Phi) is 9.46. The molecule has 0 nitrogen and oxygen atoms in total. The number of hydrogen-bond donors (Lipinski definition) is 0. The van der Waals surface area contributed by atoms with Crippen molar-refractivity contribution in [1.82, 2.24) is 0 Å². The summed E-state index contributed by atoms with van der Waals surface area (Å²) in [6.07, 6.45) is 18.6. The summed E-state index contributed by atoms with van der Waals surface area (Å²) in [7, 11) is 0. The van der Waals surface area contributed by atoms with E-state index in [4.69, 9.17) is 11.6 Å². The molecular formula is C31H41ClF2. The van der Waals surface area contributed by atoms with E-state index < -0.39 is 11.6 Å². The highest BCUT2D eigenvalue weighted by molar-refractivity contribution is 6.30. The van der Waals surface area contributed by atoms with Crippen molar-refractivity contribution in [3.8, 4) is 11.1 Å². The van der Waals surface area contributed by atoms with E-state index in [1.54, 1.807) is 36.4 Å². The van der Waals surface area contributed by atoms with Crippen LogP contribution in [0.3, 0.4) is 0 Å². The van der Waals surface area contributed by atoms with E-state index in [9.17, 15) is 8.78 Å². The van der Waals surface area contributed by atoms with E-state index in [2.05, 4.69) is 6.92 Å². The van der Waals surface area contributed by atoms with Crippen LogP contribution in [0.15, 0.2) is 36.4 Å². The van der Waals surface area contributed by atoms with Gasteiger partial charge in [-0.2, -0.15) is 0 Å². The zero-order valence-electron chi connectivity index (χ0n) is 20.8. The topological polar surface area (TPSA) is 0 Å². The summed E-state index contributed by atoms with van der Waals surface area (Å²) in [6.45, 7) is 2.29. The molecule has 0 radical (unpaired) electrons. The number of rotatable bonds is 9. The monoisotopic (exact) mass is 486 g/mol. The van der Waals surface area contributed by atoms with Crippen LogP contribution in [0.25, 0.3) is 11.1 Å². The van der Waals surface area contributed by atoms with Gasteiger partial charge < -0.3 is 0 Å². The largest absolute Gasteiger partial charge is 0.206 e. The van der Waals surface area contributed by atoms with Crippen LogP contribution in [-0.2, 0) is 0 Å². The summed E-state index contributed by atoms with van der Waals surface area (Å²) in [5, 5.41) is 0.563. The standard InChI is InChI=1S/C31H41ClF2/c1-2-3-4-5-22-6-8-23(9-7-22)10-11-24-12-14-25(15-13-24)27-20-29(33)31(30(34)21-27)26-16-18-28(32)19-17-26/h16-25H,2-15H2,1H3/t22-,23-,24?,25?. The number of hydrogen-bond acceptors (Lipinski definition) is 0. The highest BCUT2D eigenvalue weighted by atomic mass is 35.5. The smallest absolute Gasteiger partial charge is 0.134 e. The minimum atomic E-state index is -0.468. The molecule has 186 valence electrons. The maximum absolute atomic E-state index is 14.9. The Hall–Kier alpha value is -1.41. The predicted octanol–water partition coefficient (Wildman–Crippen LogP) is 10.7. The molecule has 0 N–H and O–H groups in total. The molecule has 0 amide bonds. The lowest BCUT2D eigenvalue weighted by Crippen LogP contribution is -2.18. The number of halogens is 3. The van der Waals surface area contributed by atoms with Crippen molar-refractivity contribution in [3.63, 3.8) is 0 Å². The molecule has 2 aromatic rings. The highest BCUT2D eigenvalue weighted by Gasteiger charge is 2.26. The Balaban J connectivity index is 1.23. The molecule has 0 saturated heterocycles. The molecule has 3 heteroatoms. The van der Waals surface area contributed by atoms with Crippen molar-refractivity contribution >= 4 is 11.6 Å². The maximum atomic E-state index is 14.9. The van der Waals surface area contributed by atoms with Crippen LogP contribution in [-0.4, -0.2) is 0 Å². The van der Waals surface area contributed by atoms with Crippen LogP contribution in [0.1, 0.15) is 108 Å². The van der Waals surface area contributed by atoms with Gasteiger partial charge >= 0.3 is 0 Å². The SMILES string of the molecule is CCCCC[C@H]1CC[C@H](CCC2CCC(c3cc(F)c(-c4ccc(Cl)cc4)c(F)c3)CC2)CC1. The van der Waals surface area contributed by atoms with Gasteiger partial charge in [0.2, 0.25) is 0 Å². The van der Waals surface area contributed by atoms with Gasteiger partial charge in [-0.25, -0.2) is 8.78 Å². The third kappa shape index (κ3) is 6.84. The first-order chi connectivity index (χ1) is 16.5. The summed E-state index contributed by atoms with van der Waals surface area (Å²) in [4.78, 5) is 0. The van der Waals surface area contributed by atoms with Crippen molar-refractivity contribution < 1.29 is 8.78 Å². The molecule has 0 heterocycles. The van der Waals surface area contributed by atoms with Crippen LogP contribution >= 0.6 is 11.6 Å². The van der Waals surface area contributed by atoms with Gasteiger partial charge in [0.25, 0.3) is 0 Å². The van der Waals surface area contributed by atoms with Crippen molar-refractivity contribution in [2.45, 2.75) is 103 Å². The van der Waals surface area contributed by atoms with Gasteiger partial charge in [0, 0.05) is 5.02 Å². The molecule has 0 aliphatic heterocycles. The summed E-state index contributed by atoms with van der Waals surface area (Å²) in [6, 6.07) is 9.82. The quantitative estimate of drug-likeness (QED) is 0.309. The van der Waals surface area contributed by atoms with Crippen LogP contribution in [0, 0.1) is 29.4 Å². The predicted molar refractivity (Wildman–Crippen MR) is 140 cm³/mol. The van der Waals surface area contributed by atoms with Crippen LogP contribution in [0.4, 0.5) is 8.78 Å². The lowest BCUT2D eigenvalue weighted by Gasteiger charge is -2.32. The Morgan fingerprint density at radius 2 is 1.21 bits per heavy atom. The van der Waals surface area contributed by atoms with Crippen molar-refractivity contribution in [2.75, 3.05) is 0 Å². The summed E-state index contributed by atoms with van der Waals surface area (Å²) in [5.74, 6) is 2.06. The van der Waals surface area contributed by atoms with E-state index in [0.717, 1.165) is 36.2 Å². The van der Waals surface area contributed by atoms with E-state index >= 15 is 0 Å². The van der Waals surface area contributed by atoms with Crippen molar-refractivity contribution in [2.24, 2.45) is 17.8 Å². The van der Waals surface area contributed by atoms with Gasteiger partial charge in [-0.15, -0.1) is 0 Å². The molecule has 4 rings (SSSR count). The third-order valence-electron chi connectivity index (χ3n) is 8.68. The first-order valence-corrected chi connectivity index (χ1v) is 14.2. The molecule has 0 aromatic heterocycles. The Morgan fingerprint density at radius 3 is 1.74 bits per heavy atom. The summed E-state index contributed by atoms with van der Waals surface area (Å²) in [5.41, 5.74) is 1.41.